The van der Waals surface area contributed by atoms with Crippen LogP contribution in [0.1, 0.15) is 64.2 Å². The Hall–Kier alpha value is -1.62. The van der Waals surface area contributed by atoms with Gasteiger partial charge in [0, 0.05) is 12.8 Å². The molecular formula is C19H32O5. The number of aliphatic hydroxyl groups excluding tert-OH is 1. The number of ether oxygens (including phenoxy) is 2. The van der Waals surface area contributed by atoms with E-state index >= 15 is 0 Å². The molecule has 0 aliphatic heterocycles. The lowest BCUT2D eigenvalue weighted by Crippen LogP contribution is -2.05. The van der Waals surface area contributed by atoms with E-state index in [2.05, 4.69) is 15.5 Å². The van der Waals surface area contributed by atoms with Crippen LogP contribution in [0.5, 0.6) is 0 Å². The lowest BCUT2D eigenvalue weighted by atomic mass is 10.1. The van der Waals surface area contributed by atoms with Crippen LogP contribution in [0.25, 0.3) is 0 Å². The smallest absolute Gasteiger partial charge is 0.305 e. The van der Waals surface area contributed by atoms with Gasteiger partial charge in [0.2, 0.25) is 0 Å². The normalized spacial score (nSPS) is 12.6. The summed E-state index contributed by atoms with van der Waals surface area (Å²) in [4.78, 5) is 21.8. The highest BCUT2D eigenvalue weighted by Gasteiger charge is 2.03. The van der Waals surface area contributed by atoms with Gasteiger partial charge < -0.3 is 14.6 Å². The molecule has 0 spiro atoms. The van der Waals surface area contributed by atoms with Crippen LogP contribution in [0.2, 0.25) is 0 Å². The van der Waals surface area contributed by atoms with Gasteiger partial charge >= 0.3 is 11.9 Å². The van der Waals surface area contributed by atoms with Crippen LogP contribution in [0.15, 0.2) is 24.3 Å². The molecule has 0 heterocycles. The molecule has 0 saturated heterocycles. The second-order valence-electron chi connectivity index (χ2n) is 5.73. The predicted molar refractivity (Wildman–Crippen MR) is 94.5 cm³/mol. The first-order chi connectivity index (χ1) is 11.6. The summed E-state index contributed by atoms with van der Waals surface area (Å²) in [6.45, 7) is 0. The summed E-state index contributed by atoms with van der Waals surface area (Å²) in [6.07, 6.45) is 15.6. The van der Waals surface area contributed by atoms with Gasteiger partial charge in [0.25, 0.3) is 0 Å². The summed E-state index contributed by atoms with van der Waals surface area (Å²) in [5.74, 6) is -0.367. The predicted octanol–water partition coefficient (Wildman–Crippen LogP) is 3.71. The summed E-state index contributed by atoms with van der Waals surface area (Å²) in [5.41, 5.74) is 0. The Bertz CT molecular complexity index is 387. The van der Waals surface area contributed by atoms with Gasteiger partial charge in [-0.1, -0.05) is 43.6 Å². The summed E-state index contributed by atoms with van der Waals surface area (Å²) in [7, 11) is 2.79. The molecule has 0 aromatic heterocycles. The molecule has 0 rings (SSSR count). The maximum absolute atomic E-state index is 10.9. The second kappa shape index (κ2) is 16.2. The fraction of sp³-hybridized carbons (Fsp3) is 0.684. The highest BCUT2D eigenvalue weighted by molar-refractivity contribution is 5.69. The molecule has 0 aliphatic carbocycles. The van der Waals surface area contributed by atoms with Gasteiger partial charge in [-0.2, -0.15) is 0 Å². The molecule has 5 nitrogen and oxygen atoms in total. The Morgan fingerprint density at radius 3 is 2.12 bits per heavy atom. The SMILES string of the molecule is COC(=O)CCCCCCC/C=C\C=C\[C@@H](O)CCCC(=O)OC. The third-order valence-electron chi connectivity index (χ3n) is 3.67. The monoisotopic (exact) mass is 340 g/mol. The first kappa shape index (κ1) is 22.4. The van der Waals surface area contributed by atoms with Crippen molar-refractivity contribution in [3.05, 3.63) is 24.3 Å². The van der Waals surface area contributed by atoms with Crippen molar-refractivity contribution in [2.75, 3.05) is 14.2 Å². The van der Waals surface area contributed by atoms with Gasteiger partial charge in [0.15, 0.2) is 0 Å². The Morgan fingerprint density at radius 2 is 1.46 bits per heavy atom. The Kier molecular flexibility index (Phi) is 15.1. The molecule has 138 valence electrons. The third-order valence-corrected chi connectivity index (χ3v) is 3.67. The van der Waals surface area contributed by atoms with Crippen LogP contribution < -0.4 is 0 Å². The number of methoxy groups -OCH3 is 2. The first-order valence-corrected chi connectivity index (χ1v) is 8.75. The molecule has 0 fully saturated rings. The molecule has 0 aromatic rings. The van der Waals surface area contributed by atoms with Gasteiger partial charge in [-0.05, 0) is 32.1 Å². The number of carbonyl (C=O) groups excluding carboxylic acids is 2. The number of rotatable bonds is 14. The highest BCUT2D eigenvalue weighted by Crippen LogP contribution is 2.08. The molecule has 24 heavy (non-hydrogen) atoms. The average Bonchev–Trinajstić information content (AvgIpc) is 2.59. The summed E-state index contributed by atoms with van der Waals surface area (Å²) < 4.78 is 9.14. The maximum atomic E-state index is 10.9. The maximum Gasteiger partial charge on any atom is 0.305 e. The van der Waals surface area contributed by atoms with Crippen molar-refractivity contribution < 1.29 is 24.2 Å². The zero-order valence-electron chi connectivity index (χ0n) is 15.0. The molecule has 0 saturated carbocycles. The quantitative estimate of drug-likeness (QED) is 0.296. The van der Waals surface area contributed by atoms with E-state index in [1.54, 1.807) is 6.08 Å². The molecule has 5 heteroatoms. The Morgan fingerprint density at radius 1 is 0.875 bits per heavy atom. The van der Waals surface area contributed by atoms with E-state index in [9.17, 15) is 14.7 Å². The van der Waals surface area contributed by atoms with Crippen LogP contribution in [-0.2, 0) is 19.1 Å². The minimum atomic E-state index is -0.519. The Balaban J connectivity index is 3.47. The lowest BCUT2D eigenvalue weighted by Gasteiger charge is -2.03. The summed E-state index contributed by atoms with van der Waals surface area (Å²) >= 11 is 0. The minimum absolute atomic E-state index is 0.128. The van der Waals surface area contributed by atoms with Crippen LogP contribution in [0.4, 0.5) is 0 Å². The number of allylic oxidation sites excluding steroid dienone is 3. The molecular weight excluding hydrogens is 308 g/mol. The van der Waals surface area contributed by atoms with E-state index in [1.165, 1.54) is 14.2 Å². The van der Waals surface area contributed by atoms with E-state index in [4.69, 9.17) is 0 Å². The zero-order chi connectivity index (χ0) is 18.0. The van der Waals surface area contributed by atoms with Crippen molar-refractivity contribution in [1.29, 1.82) is 0 Å². The van der Waals surface area contributed by atoms with Crippen molar-refractivity contribution in [3.63, 3.8) is 0 Å². The lowest BCUT2D eigenvalue weighted by molar-refractivity contribution is -0.141. The molecule has 1 N–H and O–H groups in total. The van der Waals surface area contributed by atoms with Gasteiger partial charge in [0.1, 0.15) is 0 Å². The van der Waals surface area contributed by atoms with E-state index < -0.39 is 6.10 Å². The van der Waals surface area contributed by atoms with Crippen molar-refractivity contribution >= 4 is 11.9 Å². The molecule has 0 unspecified atom stereocenters. The van der Waals surface area contributed by atoms with Crippen molar-refractivity contribution in [1.82, 2.24) is 0 Å². The first-order valence-electron chi connectivity index (χ1n) is 8.75. The summed E-state index contributed by atoms with van der Waals surface area (Å²) in [6, 6.07) is 0. The van der Waals surface area contributed by atoms with E-state index in [0.29, 0.717) is 25.7 Å². The summed E-state index contributed by atoms with van der Waals surface area (Å²) in [5, 5.41) is 9.71. The van der Waals surface area contributed by atoms with Crippen LogP contribution in [0, 0.1) is 0 Å². The van der Waals surface area contributed by atoms with Crippen LogP contribution >= 0.6 is 0 Å². The zero-order valence-corrected chi connectivity index (χ0v) is 15.0. The molecule has 0 aromatic carbocycles. The molecule has 0 radical (unpaired) electrons. The number of hydrogen-bond donors (Lipinski definition) is 1. The highest BCUT2D eigenvalue weighted by atomic mass is 16.5. The fourth-order valence-electron chi connectivity index (χ4n) is 2.18. The van der Waals surface area contributed by atoms with E-state index in [0.717, 1.165) is 38.5 Å². The number of aliphatic hydroxyl groups is 1. The van der Waals surface area contributed by atoms with Gasteiger partial charge in [-0.25, -0.2) is 0 Å². The van der Waals surface area contributed by atoms with Gasteiger partial charge in [-0.3, -0.25) is 9.59 Å². The molecule has 1 atom stereocenters. The van der Waals surface area contributed by atoms with Gasteiger partial charge in [0.05, 0.1) is 20.3 Å². The standard InChI is InChI=1S/C19H32O5/c1-23-18(21)15-11-9-7-5-3-4-6-8-10-13-17(20)14-12-16-19(22)24-2/h6,8,10,13,17,20H,3-5,7,9,11-12,14-16H2,1-2H3/b8-6-,13-10+/t17-/m1/s1. The number of unbranched alkanes of at least 4 members (excludes halogenated alkanes) is 5. The van der Waals surface area contributed by atoms with Crippen LogP contribution in [0.3, 0.4) is 0 Å². The molecule has 0 bridgehead atoms. The van der Waals surface area contributed by atoms with Crippen molar-refractivity contribution in [2.45, 2.75) is 70.3 Å². The van der Waals surface area contributed by atoms with Crippen molar-refractivity contribution in [2.24, 2.45) is 0 Å². The number of carbonyl (C=O) groups is 2. The fourth-order valence-corrected chi connectivity index (χ4v) is 2.18. The average molecular weight is 340 g/mol. The number of esters is 2. The third kappa shape index (κ3) is 15.3. The van der Waals surface area contributed by atoms with Crippen LogP contribution in [-0.4, -0.2) is 37.4 Å². The van der Waals surface area contributed by atoms with Gasteiger partial charge in [-0.15, -0.1) is 0 Å². The largest absolute Gasteiger partial charge is 0.469 e. The second-order valence-corrected chi connectivity index (χ2v) is 5.73. The molecule has 0 aliphatic rings. The Labute approximate surface area is 145 Å². The number of hydrogen-bond acceptors (Lipinski definition) is 5. The minimum Gasteiger partial charge on any atom is -0.469 e. The van der Waals surface area contributed by atoms with Crippen molar-refractivity contribution in [3.8, 4) is 0 Å². The topological polar surface area (TPSA) is 72.8 Å². The van der Waals surface area contributed by atoms with E-state index in [1.807, 2.05) is 12.2 Å². The molecule has 0 amide bonds. The van der Waals surface area contributed by atoms with E-state index in [-0.39, 0.29) is 11.9 Å².